The van der Waals surface area contributed by atoms with Gasteiger partial charge < -0.3 is 14.8 Å². The highest BCUT2D eigenvalue weighted by Gasteiger charge is 2.19. The van der Waals surface area contributed by atoms with Gasteiger partial charge in [0.05, 0.1) is 5.92 Å². The molecule has 1 N–H and O–H groups in total. The molecule has 1 atom stereocenters. The van der Waals surface area contributed by atoms with Crippen LogP contribution in [0.1, 0.15) is 18.4 Å². The molecular weight excluding hydrogens is 314 g/mol. The van der Waals surface area contributed by atoms with Crippen molar-refractivity contribution in [2.45, 2.75) is 12.8 Å². The average molecular weight is 333 g/mol. The summed E-state index contributed by atoms with van der Waals surface area (Å²) in [5.41, 5.74) is 1.70. The maximum absolute atomic E-state index is 12.6. The van der Waals surface area contributed by atoms with Crippen LogP contribution in [-0.4, -0.2) is 19.1 Å². The van der Waals surface area contributed by atoms with Crippen molar-refractivity contribution in [2.24, 2.45) is 0 Å². The second-order valence-corrected chi connectivity index (χ2v) is 6.18. The first-order chi connectivity index (χ1) is 12.2. The maximum atomic E-state index is 12.6. The summed E-state index contributed by atoms with van der Waals surface area (Å²) < 4.78 is 11.1. The van der Waals surface area contributed by atoms with E-state index in [1.165, 1.54) is 0 Å². The number of rotatable bonds is 3. The van der Waals surface area contributed by atoms with E-state index >= 15 is 0 Å². The molecule has 0 spiro atoms. The van der Waals surface area contributed by atoms with Gasteiger partial charge in [-0.3, -0.25) is 4.79 Å². The van der Waals surface area contributed by atoms with Crippen molar-refractivity contribution in [3.05, 3.63) is 66.2 Å². The summed E-state index contributed by atoms with van der Waals surface area (Å²) in [4.78, 5) is 12.6. The molecule has 1 unspecified atom stereocenters. The number of nitrogens with one attached hydrogen (secondary N) is 1. The zero-order valence-corrected chi connectivity index (χ0v) is 14.0. The molecule has 1 heterocycles. The molecule has 0 bridgehead atoms. The molecule has 4 nitrogen and oxygen atoms in total. The predicted molar refractivity (Wildman–Crippen MR) is 98.4 cm³/mol. The molecule has 0 saturated carbocycles. The van der Waals surface area contributed by atoms with E-state index < -0.39 is 0 Å². The van der Waals surface area contributed by atoms with E-state index in [2.05, 4.69) is 11.4 Å². The number of benzene rings is 3. The Morgan fingerprint density at radius 1 is 0.920 bits per heavy atom. The molecule has 0 aliphatic carbocycles. The Labute approximate surface area is 146 Å². The van der Waals surface area contributed by atoms with Crippen molar-refractivity contribution >= 4 is 22.4 Å². The lowest BCUT2D eigenvalue weighted by molar-refractivity contribution is -0.117. The predicted octanol–water partition coefficient (Wildman–Crippen LogP) is 4.35. The zero-order valence-electron chi connectivity index (χ0n) is 14.0. The summed E-state index contributed by atoms with van der Waals surface area (Å²) in [5, 5.41) is 5.26. The minimum atomic E-state index is -0.290. The molecule has 0 aromatic heterocycles. The topological polar surface area (TPSA) is 47.6 Å². The van der Waals surface area contributed by atoms with Gasteiger partial charge in [0.15, 0.2) is 11.5 Å². The lowest BCUT2D eigenvalue weighted by atomic mass is 9.99. The van der Waals surface area contributed by atoms with Crippen molar-refractivity contribution in [1.29, 1.82) is 0 Å². The summed E-state index contributed by atoms with van der Waals surface area (Å²) >= 11 is 0. The molecule has 0 fully saturated rings. The van der Waals surface area contributed by atoms with Crippen molar-refractivity contribution in [3.8, 4) is 11.5 Å². The van der Waals surface area contributed by atoms with Crippen LogP contribution in [0.2, 0.25) is 0 Å². The minimum Gasteiger partial charge on any atom is -0.486 e. The highest BCUT2D eigenvalue weighted by molar-refractivity contribution is 5.97. The van der Waals surface area contributed by atoms with Gasteiger partial charge in [0.2, 0.25) is 5.91 Å². The van der Waals surface area contributed by atoms with Crippen LogP contribution in [0.4, 0.5) is 5.69 Å². The van der Waals surface area contributed by atoms with Gasteiger partial charge in [-0.2, -0.15) is 0 Å². The molecule has 0 radical (unpaired) electrons. The molecule has 25 heavy (non-hydrogen) atoms. The highest BCUT2D eigenvalue weighted by Crippen LogP contribution is 2.33. The molecule has 1 amide bonds. The number of fused-ring (bicyclic) bond motifs is 2. The largest absolute Gasteiger partial charge is 0.486 e. The third-order valence-electron chi connectivity index (χ3n) is 4.48. The smallest absolute Gasteiger partial charge is 0.231 e. The first kappa shape index (κ1) is 15.5. The second-order valence-electron chi connectivity index (χ2n) is 6.18. The fraction of sp³-hybridized carbons (Fsp3) is 0.190. The SMILES string of the molecule is CC(C(=O)Nc1ccc2ccccc2c1)c1ccc2c(c1)OCCO2. The van der Waals surface area contributed by atoms with Crippen LogP contribution < -0.4 is 14.8 Å². The average Bonchev–Trinajstić information content (AvgIpc) is 2.67. The van der Waals surface area contributed by atoms with Crippen LogP contribution in [0.25, 0.3) is 10.8 Å². The Hall–Kier alpha value is -3.01. The van der Waals surface area contributed by atoms with E-state index in [9.17, 15) is 4.79 Å². The van der Waals surface area contributed by atoms with E-state index in [0.29, 0.717) is 19.0 Å². The minimum absolute atomic E-state index is 0.0491. The molecule has 4 heteroatoms. The van der Waals surface area contributed by atoms with Crippen LogP contribution in [-0.2, 0) is 4.79 Å². The number of amides is 1. The second kappa shape index (κ2) is 6.48. The monoisotopic (exact) mass is 333 g/mol. The first-order valence-corrected chi connectivity index (χ1v) is 8.40. The number of hydrogen-bond donors (Lipinski definition) is 1. The van der Waals surface area contributed by atoms with Gasteiger partial charge in [0.25, 0.3) is 0 Å². The summed E-state index contributed by atoms with van der Waals surface area (Å²) in [6.45, 7) is 2.99. The molecule has 0 saturated heterocycles. The third kappa shape index (κ3) is 3.15. The van der Waals surface area contributed by atoms with Gasteiger partial charge in [-0.05, 0) is 47.5 Å². The van der Waals surface area contributed by atoms with E-state index in [1.807, 2.05) is 61.5 Å². The standard InChI is InChI=1S/C21H19NO3/c1-14(16-7-9-19-20(13-16)25-11-10-24-19)21(23)22-18-8-6-15-4-2-3-5-17(15)12-18/h2-9,12-14H,10-11H2,1H3,(H,22,23). The lowest BCUT2D eigenvalue weighted by Crippen LogP contribution is -2.20. The summed E-state index contributed by atoms with van der Waals surface area (Å²) in [6.07, 6.45) is 0. The summed E-state index contributed by atoms with van der Waals surface area (Å²) in [7, 11) is 0. The van der Waals surface area contributed by atoms with Gasteiger partial charge in [0, 0.05) is 5.69 Å². The number of carbonyl (C=O) groups is 1. The van der Waals surface area contributed by atoms with Crippen molar-refractivity contribution < 1.29 is 14.3 Å². The molecule has 1 aliphatic rings. The fourth-order valence-electron chi connectivity index (χ4n) is 3.00. The van der Waals surface area contributed by atoms with Gasteiger partial charge in [0.1, 0.15) is 13.2 Å². The van der Waals surface area contributed by atoms with Crippen LogP contribution in [0.15, 0.2) is 60.7 Å². The van der Waals surface area contributed by atoms with Gasteiger partial charge >= 0.3 is 0 Å². The quantitative estimate of drug-likeness (QED) is 0.775. The number of anilines is 1. The molecule has 4 rings (SSSR count). The molecule has 126 valence electrons. The normalized spacial score (nSPS) is 14.1. The Morgan fingerprint density at radius 2 is 1.68 bits per heavy atom. The maximum Gasteiger partial charge on any atom is 0.231 e. The summed E-state index contributed by atoms with van der Waals surface area (Å²) in [6, 6.07) is 19.7. The van der Waals surface area contributed by atoms with E-state index in [-0.39, 0.29) is 11.8 Å². The van der Waals surface area contributed by atoms with Gasteiger partial charge in [-0.25, -0.2) is 0 Å². The van der Waals surface area contributed by atoms with Gasteiger partial charge in [-0.1, -0.05) is 36.4 Å². The van der Waals surface area contributed by atoms with Gasteiger partial charge in [-0.15, -0.1) is 0 Å². The molecule has 1 aliphatic heterocycles. The highest BCUT2D eigenvalue weighted by atomic mass is 16.6. The first-order valence-electron chi connectivity index (χ1n) is 8.40. The molecule has 3 aromatic rings. The van der Waals surface area contributed by atoms with E-state index in [4.69, 9.17) is 9.47 Å². The zero-order chi connectivity index (χ0) is 17.2. The van der Waals surface area contributed by atoms with Crippen LogP contribution >= 0.6 is 0 Å². The van der Waals surface area contributed by atoms with Crippen molar-refractivity contribution in [1.82, 2.24) is 0 Å². The van der Waals surface area contributed by atoms with Crippen LogP contribution in [0, 0.1) is 0 Å². The van der Waals surface area contributed by atoms with E-state index in [0.717, 1.165) is 27.8 Å². The number of carbonyl (C=O) groups excluding carboxylic acids is 1. The van der Waals surface area contributed by atoms with Crippen LogP contribution in [0.3, 0.4) is 0 Å². The molecular formula is C21H19NO3. The van der Waals surface area contributed by atoms with Crippen molar-refractivity contribution in [2.75, 3.05) is 18.5 Å². The molecule has 3 aromatic carbocycles. The van der Waals surface area contributed by atoms with Crippen LogP contribution in [0.5, 0.6) is 11.5 Å². The fourth-order valence-corrected chi connectivity index (χ4v) is 3.00. The Kier molecular flexibility index (Phi) is 4.02. The Morgan fingerprint density at radius 3 is 2.52 bits per heavy atom. The number of hydrogen-bond acceptors (Lipinski definition) is 3. The van der Waals surface area contributed by atoms with Crippen molar-refractivity contribution in [3.63, 3.8) is 0 Å². The Balaban J connectivity index is 1.53. The number of ether oxygens (including phenoxy) is 2. The Bertz CT molecular complexity index is 935. The summed E-state index contributed by atoms with van der Waals surface area (Å²) in [5.74, 6) is 1.10. The van der Waals surface area contributed by atoms with E-state index in [1.54, 1.807) is 0 Å². The third-order valence-corrected chi connectivity index (χ3v) is 4.48. The lowest BCUT2D eigenvalue weighted by Gasteiger charge is -2.20.